The largest absolute Gasteiger partial charge is 0.366 e. The first-order valence-electron chi connectivity index (χ1n) is 10.6. The van der Waals surface area contributed by atoms with Crippen molar-refractivity contribution in [1.29, 1.82) is 5.26 Å². The summed E-state index contributed by atoms with van der Waals surface area (Å²) < 4.78 is 1.63. The topological polar surface area (TPSA) is 95.6 Å². The van der Waals surface area contributed by atoms with E-state index >= 15 is 0 Å². The minimum atomic E-state index is 0.357. The maximum atomic E-state index is 9.60. The smallest absolute Gasteiger partial charge is 0.171 e. The molecule has 0 bridgehead atoms. The molecule has 3 heterocycles. The van der Waals surface area contributed by atoms with Gasteiger partial charge in [-0.15, -0.1) is 5.10 Å². The van der Waals surface area contributed by atoms with Gasteiger partial charge < -0.3 is 10.2 Å². The van der Waals surface area contributed by atoms with E-state index in [-0.39, 0.29) is 0 Å². The summed E-state index contributed by atoms with van der Waals surface area (Å²) in [5.41, 5.74) is 6.84. The summed E-state index contributed by atoms with van der Waals surface area (Å²) in [7, 11) is 0. The highest BCUT2D eigenvalue weighted by molar-refractivity contribution is 6.29. The number of nitrogens with zero attached hydrogens (tertiary/aromatic N) is 7. The molecular formula is C24H21ClN8. The number of nitriles is 1. The Kier molecular flexibility index (Phi) is 5.63. The molecule has 1 aliphatic heterocycles. The van der Waals surface area contributed by atoms with Crippen LogP contribution in [0.15, 0.2) is 55.0 Å². The van der Waals surface area contributed by atoms with Gasteiger partial charge in [-0.05, 0) is 42.3 Å². The number of aromatic nitrogens is 5. The Morgan fingerprint density at radius 2 is 2.00 bits per heavy atom. The van der Waals surface area contributed by atoms with E-state index < -0.39 is 0 Å². The van der Waals surface area contributed by atoms with Crippen molar-refractivity contribution in [2.24, 2.45) is 0 Å². The highest BCUT2D eigenvalue weighted by atomic mass is 35.5. The molecule has 0 unspecified atom stereocenters. The van der Waals surface area contributed by atoms with Gasteiger partial charge in [-0.3, -0.25) is 0 Å². The minimum absolute atomic E-state index is 0.357. The van der Waals surface area contributed by atoms with Crippen LogP contribution in [0.5, 0.6) is 0 Å². The zero-order valence-corrected chi connectivity index (χ0v) is 18.8. The SMILES string of the molecule is Cc1ccc(N2CCc3ncnc(NCc4ccc(-n5cc(Cl)nn5)cc4)c3C2)c(C#N)c1. The van der Waals surface area contributed by atoms with E-state index in [0.29, 0.717) is 23.8 Å². The Hall–Kier alpha value is -3.96. The van der Waals surface area contributed by atoms with Gasteiger partial charge in [0.2, 0.25) is 0 Å². The van der Waals surface area contributed by atoms with Gasteiger partial charge in [0.25, 0.3) is 0 Å². The fraction of sp³-hybridized carbons (Fsp3) is 0.208. The Balaban J connectivity index is 1.33. The van der Waals surface area contributed by atoms with E-state index in [0.717, 1.165) is 52.5 Å². The molecule has 0 radical (unpaired) electrons. The quantitative estimate of drug-likeness (QED) is 0.483. The lowest BCUT2D eigenvalue weighted by atomic mass is 10.0. The molecule has 2 aromatic carbocycles. The van der Waals surface area contributed by atoms with Gasteiger partial charge in [-0.25, -0.2) is 14.6 Å². The third-order valence-electron chi connectivity index (χ3n) is 5.74. The Bertz CT molecular complexity index is 1340. The number of aryl methyl sites for hydroxylation is 1. The number of hydrogen-bond acceptors (Lipinski definition) is 7. The molecule has 4 aromatic rings. The Morgan fingerprint density at radius 3 is 2.76 bits per heavy atom. The lowest BCUT2D eigenvalue weighted by Gasteiger charge is -2.31. The van der Waals surface area contributed by atoms with E-state index in [4.69, 9.17) is 11.6 Å². The molecule has 0 saturated heterocycles. The van der Waals surface area contributed by atoms with E-state index in [1.54, 1.807) is 17.2 Å². The molecule has 5 rings (SSSR count). The molecule has 1 aliphatic rings. The van der Waals surface area contributed by atoms with Crippen LogP contribution in [0.4, 0.5) is 11.5 Å². The molecule has 9 heteroatoms. The first-order chi connectivity index (χ1) is 16.1. The van der Waals surface area contributed by atoms with Gasteiger partial charge in [0.05, 0.1) is 28.8 Å². The number of nitrogens with one attached hydrogen (secondary N) is 1. The van der Waals surface area contributed by atoms with Crippen molar-refractivity contribution in [3.63, 3.8) is 0 Å². The van der Waals surface area contributed by atoms with Gasteiger partial charge in [-0.1, -0.05) is 35.0 Å². The van der Waals surface area contributed by atoms with E-state index in [1.807, 2.05) is 49.4 Å². The van der Waals surface area contributed by atoms with Crippen molar-refractivity contribution in [2.45, 2.75) is 26.4 Å². The normalized spacial score (nSPS) is 12.8. The van der Waals surface area contributed by atoms with Crippen LogP contribution >= 0.6 is 11.6 Å². The van der Waals surface area contributed by atoms with Crippen LogP contribution in [0, 0.1) is 18.3 Å². The molecular weight excluding hydrogens is 436 g/mol. The fourth-order valence-electron chi connectivity index (χ4n) is 4.04. The van der Waals surface area contributed by atoms with Crippen molar-refractivity contribution in [1.82, 2.24) is 25.0 Å². The third kappa shape index (κ3) is 4.36. The number of benzene rings is 2. The van der Waals surface area contributed by atoms with Crippen molar-refractivity contribution < 1.29 is 0 Å². The van der Waals surface area contributed by atoms with Crippen molar-refractivity contribution in [3.8, 4) is 11.8 Å². The highest BCUT2D eigenvalue weighted by Gasteiger charge is 2.23. The molecule has 8 nitrogen and oxygen atoms in total. The zero-order chi connectivity index (χ0) is 22.8. The highest BCUT2D eigenvalue weighted by Crippen LogP contribution is 2.30. The number of hydrogen-bond donors (Lipinski definition) is 1. The summed E-state index contributed by atoms with van der Waals surface area (Å²) in [5.74, 6) is 0.822. The number of rotatable bonds is 5. The third-order valence-corrected chi connectivity index (χ3v) is 5.91. The van der Waals surface area contributed by atoms with Crippen molar-refractivity contribution >= 4 is 23.1 Å². The van der Waals surface area contributed by atoms with Gasteiger partial charge >= 0.3 is 0 Å². The monoisotopic (exact) mass is 456 g/mol. The van der Waals surface area contributed by atoms with Crippen LogP contribution in [0.1, 0.15) is 27.9 Å². The molecule has 0 saturated carbocycles. The fourth-order valence-corrected chi connectivity index (χ4v) is 4.16. The van der Waals surface area contributed by atoms with Crippen molar-refractivity contribution in [3.05, 3.63) is 88.1 Å². The van der Waals surface area contributed by atoms with Gasteiger partial charge in [0.15, 0.2) is 5.15 Å². The summed E-state index contributed by atoms with van der Waals surface area (Å²) in [4.78, 5) is 11.2. The van der Waals surface area contributed by atoms with E-state index in [9.17, 15) is 5.26 Å². The minimum Gasteiger partial charge on any atom is -0.366 e. The van der Waals surface area contributed by atoms with Gasteiger partial charge in [-0.2, -0.15) is 5.26 Å². The first kappa shape index (κ1) is 20.9. The molecule has 0 amide bonds. The molecule has 0 fully saturated rings. The van der Waals surface area contributed by atoms with Crippen LogP contribution in [0.2, 0.25) is 5.15 Å². The molecule has 0 spiro atoms. The first-order valence-corrected chi connectivity index (χ1v) is 11.0. The Morgan fingerprint density at radius 1 is 1.15 bits per heavy atom. The summed E-state index contributed by atoms with van der Waals surface area (Å²) >= 11 is 5.85. The van der Waals surface area contributed by atoms with Crippen molar-refractivity contribution in [2.75, 3.05) is 16.8 Å². The summed E-state index contributed by atoms with van der Waals surface area (Å²) in [6, 6.07) is 16.3. The van der Waals surface area contributed by atoms with Crippen LogP contribution in [0.3, 0.4) is 0 Å². The molecule has 1 N–H and O–H groups in total. The second-order valence-electron chi connectivity index (χ2n) is 7.96. The molecule has 33 heavy (non-hydrogen) atoms. The Labute approximate surface area is 196 Å². The summed E-state index contributed by atoms with van der Waals surface area (Å²) in [6.45, 7) is 4.09. The predicted octanol–water partition coefficient (Wildman–Crippen LogP) is 4.07. The molecule has 0 aliphatic carbocycles. The maximum absolute atomic E-state index is 9.60. The lowest BCUT2D eigenvalue weighted by molar-refractivity contribution is 0.705. The summed E-state index contributed by atoms with van der Waals surface area (Å²) in [6.07, 6.45) is 4.08. The maximum Gasteiger partial charge on any atom is 0.171 e. The van der Waals surface area contributed by atoms with E-state index in [1.165, 1.54) is 0 Å². The number of anilines is 2. The van der Waals surface area contributed by atoms with E-state index in [2.05, 4.69) is 36.6 Å². The molecule has 0 atom stereocenters. The number of fused-ring (bicyclic) bond motifs is 1. The second kappa shape index (κ2) is 8.88. The van der Waals surface area contributed by atoms with Crippen LogP contribution < -0.4 is 10.2 Å². The molecule has 2 aromatic heterocycles. The zero-order valence-electron chi connectivity index (χ0n) is 18.0. The average molecular weight is 457 g/mol. The molecule has 164 valence electrons. The van der Waals surface area contributed by atoms with Gasteiger partial charge in [0.1, 0.15) is 18.2 Å². The lowest BCUT2D eigenvalue weighted by Crippen LogP contribution is -2.32. The van der Waals surface area contributed by atoms with Gasteiger partial charge in [0, 0.05) is 31.6 Å². The standard InChI is InChI=1S/C24H21ClN8/c1-16-2-7-22(18(10-16)11-26)32-9-8-21-20(13-32)24(29-15-28-21)27-12-17-3-5-19(6-4-17)33-14-23(25)30-31-33/h2-7,10,14-15H,8-9,12-13H2,1H3,(H,27,28,29). The summed E-state index contributed by atoms with van der Waals surface area (Å²) in [5, 5.41) is 21.2. The number of halogens is 1. The predicted molar refractivity (Wildman–Crippen MR) is 126 cm³/mol. The van der Waals surface area contributed by atoms with Crippen LogP contribution in [0.25, 0.3) is 5.69 Å². The second-order valence-corrected chi connectivity index (χ2v) is 8.34. The van der Waals surface area contributed by atoms with Crippen LogP contribution in [-0.4, -0.2) is 31.5 Å². The van der Waals surface area contributed by atoms with Crippen LogP contribution in [-0.2, 0) is 19.5 Å². The average Bonchev–Trinajstić information content (AvgIpc) is 3.29.